The number of aryl methyl sites for hydroxylation is 3. The Morgan fingerprint density at radius 2 is 1.62 bits per heavy atom. The van der Waals surface area contributed by atoms with Crippen LogP contribution in [-0.4, -0.2) is 28.9 Å². The lowest BCUT2D eigenvalue weighted by molar-refractivity contribution is 0.112. The first-order valence-electron chi connectivity index (χ1n) is 10.9. The van der Waals surface area contributed by atoms with Gasteiger partial charge in [0.05, 0.1) is 22.3 Å². The molecule has 0 aliphatic heterocycles. The van der Waals surface area contributed by atoms with Crippen molar-refractivity contribution in [2.75, 3.05) is 0 Å². The van der Waals surface area contributed by atoms with Gasteiger partial charge in [-0.1, -0.05) is 54.1 Å². The van der Waals surface area contributed by atoms with Crippen molar-refractivity contribution in [2.45, 2.75) is 25.7 Å². The van der Waals surface area contributed by atoms with Gasteiger partial charge < -0.3 is 4.98 Å². The van der Waals surface area contributed by atoms with Crippen LogP contribution in [0.25, 0.3) is 33.4 Å². The largest absolute Gasteiger partial charge is 0.353 e. The molecular formula is C27H23N3O3S. The highest BCUT2D eigenvalue weighted by Crippen LogP contribution is 2.40. The number of fused-ring (bicyclic) bond motifs is 1. The first-order chi connectivity index (χ1) is 16.3. The van der Waals surface area contributed by atoms with Crippen LogP contribution in [0, 0.1) is 20.8 Å². The average molecular weight is 470 g/mol. The van der Waals surface area contributed by atoms with Crippen molar-refractivity contribution < 1.29 is 13.2 Å². The number of hydrogen-bond donors (Lipinski definition) is 1. The molecule has 0 saturated heterocycles. The van der Waals surface area contributed by atoms with Crippen molar-refractivity contribution in [3.8, 4) is 22.5 Å². The summed E-state index contributed by atoms with van der Waals surface area (Å²) < 4.78 is 27.4. The van der Waals surface area contributed by atoms with E-state index in [0.717, 1.165) is 42.8 Å². The quantitative estimate of drug-likeness (QED) is 0.336. The zero-order valence-corrected chi connectivity index (χ0v) is 19.8. The lowest BCUT2D eigenvalue weighted by Gasteiger charge is -2.07. The molecule has 5 aromatic rings. The predicted octanol–water partition coefficient (Wildman–Crippen LogP) is 5.67. The summed E-state index contributed by atoms with van der Waals surface area (Å²) in [6, 6.07) is 20.5. The Hall–Kier alpha value is -3.97. The number of benzene rings is 3. The highest BCUT2D eigenvalue weighted by molar-refractivity contribution is 7.89. The molecule has 0 aliphatic carbocycles. The van der Waals surface area contributed by atoms with Crippen LogP contribution in [0.3, 0.4) is 0 Å². The molecule has 0 radical (unpaired) electrons. The molecule has 0 unspecified atom stereocenters. The van der Waals surface area contributed by atoms with Crippen molar-refractivity contribution in [3.63, 3.8) is 0 Å². The summed E-state index contributed by atoms with van der Waals surface area (Å²) in [5.74, 6) is 0. The molecule has 0 saturated carbocycles. The van der Waals surface area contributed by atoms with E-state index < -0.39 is 10.0 Å². The van der Waals surface area contributed by atoms with Crippen LogP contribution >= 0.6 is 0 Å². The van der Waals surface area contributed by atoms with Gasteiger partial charge in [0.25, 0.3) is 10.0 Å². The molecule has 5 rings (SSSR count). The number of aromatic nitrogens is 3. The third-order valence-corrected chi connectivity index (χ3v) is 7.50. The van der Waals surface area contributed by atoms with Crippen LogP contribution < -0.4 is 0 Å². The monoisotopic (exact) mass is 469 g/mol. The van der Waals surface area contributed by atoms with Gasteiger partial charge in [-0.3, -0.25) is 4.79 Å². The molecule has 170 valence electrons. The Kier molecular flexibility index (Phi) is 5.21. The average Bonchev–Trinajstić information content (AvgIpc) is 3.42. The second kappa shape index (κ2) is 8.11. The van der Waals surface area contributed by atoms with Gasteiger partial charge in [-0.25, -0.2) is 0 Å². The summed E-state index contributed by atoms with van der Waals surface area (Å²) in [6.45, 7) is 5.95. The molecular weight excluding hydrogens is 446 g/mol. The zero-order valence-electron chi connectivity index (χ0n) is 19.0. The van der Waals surface area contributed by atoms with Crippen LogP contribution in [0.4, 0.5) is 0 Å². The summed E-state index contributed by atoms with van der Waals surface area (Å²) >= 11 is 0. The Morgan fingerprint density at radius 1 is 0.912 bits per heavy atom. The summed E-state index contributed by atoms with van der Waals surface area (Å²) in [7, 11) is -3.97. The Bertz CT molecular complexity index is 1650. The van der Waals surface area contributed by atoms with E-state index in [1.807, 2.05) is 57.2 Å². The summed E-state index contributed by atoms with van der Waals surface area (Å²) in [4.78, 5) is 15.6. The lowest BCUT2D eigenvalue weighted by atomic mass is 9.96. The van der Waals surface area contributed by atoms with Crippen LogP contribution in [0.2, 0.25) is 0 Å². The van der Waals surface area contributed by atoms with Gasteiger partial charge in [0.2, 0.25) is 0 Å². The van der Waals surface area contributed by atoms with Crippen molar-refractivity contribution in [1.82, 2.24) is 14.2 Å². The second-order valence-electron chi connectivity index (χ2n) is 8.49. The van der Waals surface area contributed by atoms with Gasteiger partial charge in [-0.15, -0.1) is 0 Å². The van der Waals surface area contributed by atoms with Crippen LogP contribution in [0.5, 0.6) is 0 Å². The fourth-order valence-electron chi connectivity index (χ4n) is 4.38. The maximum atomic E-state index is 13.3. The number of nitrogens with one attached hydrogen (secondary N) is 1. The minimum Gasteiger partial charge on any atom is -0.353 e. The molecule has 3 aromatic carbocycles. The molecule has 6 nitrogen and oxygen atoms in total. The first-order valence-corrected chi connectivity index (χ1v) is 12.3. The van der Waals surface area contributed by atoms with E-state index in [-0.39, 0.29) is 16.2 Å². The molecule has 0 fully saturated rings. The fraction of sp³-hybridized carbons (Fsp3) is 0.111. The highest BCUT2D eigenvalue weighted by atomic mass is 32.2. The third-order valence-electron chi connectivity index (χ3n) is 5.95. The zero-order chi connectivity index (χ0) is 24.0. The van der Waals surface area contributed by atoms with E-state index in [9.17, 15) is 13.2 Å². The Labute approximate surface area is 197 Å². The van der Waals surface area contributed by atoms with Crippen molar-refractivity contribution in [2.24, 2.45) is 0 Å². The van der Waals surface area contributed by atoms with E-state index >= 15 is 0 Å². The minimum atomic E-state index is -3.97. The molecule has 1 N–H and O–H groups in total. The van der Waals surface area contributed by atoms with Crippen LogP contribution in [-0.2, 0) is 10.0 Å². The number of nitrogens with zero attached hydrogens (tertiary/aromatic N) is 2. The van der Waals surface area contributed by atoms with Gasteiger partial charge in [0, 0.05) is 16.5 Å². The minimum absolute atomic E-state index is 0.107. The number of hydrogen-bond acceptors (Lipinski definition) is 4. The van der Waals surface area contributed by atoms with Crippen LogP contribution in [0.15, 0.2) is 77.8 Å². The van der Waals surface area contributed by atoms with E-state index in [4.69, 9.17) is 0 Å². The number of carbonyl (C=O) groups excluding carboxylic acids is 1. The van der Waals surface area contributed by atoms with E-state index in [1.165, 1.54) is 18.3 Å². The third kappa shape index (κ3) is 3.54. The number of rotatable bonds is 5. The predicted molar refractivity (Wildman–Crippen MR) is 134 cm³/mol. The first kappa shape index (κ1) is 21.9. The van der Waals surface area contributed by atoms with Gasteiger partial charge in [0.15, 0.2) is 6.29 Å². The molecule has 0 atom stereocenters. The van der Waals surface area contributed by atoms with Crippen molar-refractivity contribution in [1.29, 1.82) is 0 Å². The molecule has 2 heterocycles. The molecule has 0 aliphatic rings. The topological polar surface area (TPSA) is 84.8 Å². The van der Waals surface area contributed by atoms with Crippen molar-refractivity contribution in [3.05, 3.63) is 95.2 Å². The number of aldehydes is 1. The fourth-order valence-corrected chi connectivity index (χ4v) is 5.52. The van der Waals surface area contributed by atoms with Gasteiger partial charge >= 0.3 is 0 Å². The summed E-state index contributed by atoms with van der Waals surface area (Å²) in [5.41, 5.74) is 6.94. The van der Waals surface area contributed by atoms with E-state index in [2.05, 4.69) is 16.1 Å². The standard InChI is InChI=1S/C27H23N3O3S/c1-17-9-11-22(12-10-17)34(32,33)30-15-21(16-31)26(29-30)27-25(20-7-5-4-6-8-20)24-19(3)13-18(2)14-23(24)28-27/h4-16,28H,1-3H3. The smallest absolute Gasteiger partial charge is 0.282 e. The van der Waals surface area contributed by atoms with Gasteiger partial charge in [0.1, 0.15) is 5.69 Å². The number of aromatic amines is 1. The molecule has 0 spiro atoms. The van der Waals surface area contributed by atoms with Gasteiger partial charge in [-0.2, -0.15) is 17.6 Å². The Balaban J connectivity index is 1.78. The summed E-state index contributed by atoms with van der Waals surface area (Å²) in [6.07, 6.45) is 1.91. The number of H-pyrrole nitrogens is 1. The maximum absolute atomic E-state index is 13.3. The molecule has 34 heavy (non-hydrogen) atoms. The normalized spacial score (nSPS) is 11.7. The van der Waals surface area contributed by atoms with E-state index in [0.29, 0.717) is 12.0 Å². The second-order valence-corrected chi connectivity index (χ2v) is 10.3. The number of carbonyl (C=O) groups is 1. The molecule has 7 heteroatoms. The van der Waals surface area contributed by atoms with Crippen molar-refractivity contribution >= 4 is 27.2 Å². The van der Waals surface area contributed by atoms with Crippen LogP contribution in [0.1, 0.15) is 27.0 Å². The molecule has 2 aromatic heterocycles. The SMILES string of the molecule is Cc1ccc(S(=O)(=O)n2cc(C=O)c(-c3[nH]c4cc(C)cc(C)c4c3-c3ccccc3)n2)cc1. The van der Waals surface area contributed by atoms with Gasteiger partial charge in [-0.05, 0) is 55.7 Å². The molecule has 0 bridgehead atoms. The summed E-state index contributed by atoms with van der Waals surface area (Å²) in [5, 5.41) is 5.44. The maximum Gasteiger partial charge on any atom is 0.282 e. The highest BCUT2D eigenvalue weighted by Gasteiger charge is 2.25. The molecule has 0 amide bonds. The Morgan fingerprint density at radius 3 is 2.29 bits per heavy atom. The van der Waals surface area contributed by atoms with E-state index in [1.54, 1.807) is 12.1 Å². The lowest BCUT2D eigenvalue weighted by Crippen LogP contribution is -2.13.